The molecule has 0 fully saturated rings. The van der Waals surface area contributed by atoms with Crippen molar-refractivity contribution in [3.63, 3.8) is 0 Å². The van der Waals surface area contributed by atoms with Crippen molar-refractivity contribution in [1.29, 1.82) is 0 Å². The lowest BCUT2D eigenvalue weighted by Crippen LogP contribution is -2.02. The maximum atomic E-state index is 6.33. The number of rotatable bonds is 1. The lowest BCUT2D eigenvalue weighted by Gasteiger charge is -2.10. The fourth-order valence-corrected chi connectivity index (χ4v) is 3.35. The molecule has 1 aliphatic rings. The minimum Gasteiger partial charge on any atom is -0.233 e. The first-order valence-electron chi connectivity index (χ1n) is 6.65. The van der Waals surface area contributed by atoms with E-state index in [1.807, 2.05) is 12.1 Å². The molecule has 1 aromatic carbocycles. The molecule has 3 rings (SSSR count). The van der Waals surface area contributed by atoms with Crippen molar-refractivity contribution in [3.05, 3.63) is 44.7 Å². The second-order valence-corrected chi connectivity index (χ2v) is 6.21. The molecular formula is C15H13Cl3N2. The summed E-state index contributed by atoms with van der Waals surface area (Å²) < 4.78 is 0. The van der Waals surface area contributed by atoms with Crippen molar-refractivity contribution < 1.29 is 0 Å². The molecule has 1 heterocycles. The van der Waals surface area contributed by atoms with Gasteiger partial charge in [-0.05, 0) is 43.9 Å². The summed E-state index contributed by atoms with van der Waals surface area (Å²) in [5, 5.41) is 1.70. The highest BCUT2D eigenvalue weighted by molar-refractivity contribution is 6.35. The van der Waals surface area contributed by atoms with Gasteiger partial charge in [-0.25, -0.2) is 9.97 Å². The number of aromatic nitrogens is 2. The third kappa shape index (κ3) is 2.93. The molecule has 1 aromatic heterocycles. The molecule has 0 aliphatic heterocycles. The van der Waals surface area contributed by atoms with Gasteiger partial charge in [-0.1, -0.05) is 41.2 Å². The second-order valence-electron chi connectivity index (χ2n) is 4.98. The van der Waals surface area contributed by atoms with E-state index in [9.17, 15) is 0 Å². The zero-order valence-corrected chi connectivity index (χ0v) is 13.1. The maximum absolute atomic E-state index is 6.33. The molecule has 0 saturated heterocycles. The molecule has 0 bridgehead atoms. The van der Waals surface area contributed by atoms with E-state index < -0.39 is 0 Å². The topological polar surface area (TPSA) is 25.8 Å². The highest BCUT2D eigenvalue weighted by Crippen LogP contribution is 2.30. The van der Waals surface area contributed by atoms with Gasteiger partial charge in [0.15, 0.2) is 5.82 Å². The smallest absolute Gasteiger partial charge is 0.161 e. The molecule has 0 N–H and O–H groups in total. The molecule has 0 spiro atoms. The summed E-state index contributed by atoms with van der Waals surface area (Å²) in [4.78, 5) is 9.09. The number of hydrogen-bond donors (Lipinski definition) is 0. The van der Waals surface area contributed by atoms with Crippen LogP contribution in [0.25, 0.3) is 11.4 Å². The van der Waals surface area contributed by atoms with Gasteiger partial charge in [-0.2, -0.15) is 0 Å². The van der Waals surface area contributed by atoms with E-state index in [1.165, 1.54) is 6.42 Å². The molecule has 20 heavy (non-hydrogen) atoms. The Hall–Kier alpha value is -0.830. The van der Waals surface area contributed by atoms with Gasteiger partial charge >= 0.3 is 0 Å². The van der Waals surface area contributed by atoms with Crippen molar-refractivity contribution >= 4 is 34.8 Å². The number of fused-ring (bicyclic) bond motifs is 1. The van der Waals surface area contributed by atoms with Crippen molar-refractivity contribution in [1.82, 2.24) is 9.97 Å². The summed E-state index contributed by atoms with van der Waals surface area (Å²) in [6.45, 7) is 0. The first kappa shape index (κ1) is 14.1. The van der Waals surface area contributed by atoms with Crippen LogP contribution in [-0.2, 0) is 12.8 Å². The summed E-state index contributed by atoms with van der Waals surface area (Å²) in [6, 6.07) is 5.31. The van der Waals surface area contributed by atoms with E-state index in [-0.39, 0.29) is 0 Å². The monoisotopic (exact) mass is 326 g/mol. The van der Waals surface area contributed by atoms with Gasteiger partial charge in [0.25, 0.3) is 0 Å². The zero-order chi connectivity index (χ0) is 14.1. The zero-order valence-electron chi connectivity index (χ0n) is 10.8. The molecule has 104 valence electrons. The fourth-order valence-electron chi connectivity index (χ4n) is 2.54. The molecule has 0 atom stereocenters. The molecule has 0 radical (unpaired) electrons. The van der Waals surface area contributed by atoms with Gasteiger partial charge < -0.3 is 0 Å². The van der Waals surface area contributed by atoms with Crippen LogP contribution >= 0.6 is 34.8 Å². The number of hydrogen-bond acceptors (Lipinski definition) is 2. The Bertz CT molecular complexity index is 636. The molecule has 0 saturated carbocycles. The van der Waals surface area contributed by atoms with Crippen LogP contribution in [0.3, 0.4) is 0 Å². The third-order valence-corrected chi connectivity index (χ3v) is 4.25. The normalized spacial score (nSPS) is 14.8. The molecular weight excluding hydrogens is 315 g/mol. The van der Waals surface area contributed by atoms with Crippen LogP contribution in [0.5, 0.6) is 0 Å². The van der Waals surface area contributed by atoms with Gasteiger partial charge in [0.1, 0.15) is 5.15 Å². The van der Waals surface area contributed by atoms with Crippen molar-refractivity contribution in [2.75, 3.05) is 0 Å². The number of halogens is 3. The van der Waals surface area contributed by atoms with Crippen molar-refractivity contribution in [2.24, 2.45) is 0 Å². The Labute approximate surface area is 133 Å². The molecule has 5 heteroatoms. The van der Waals surface area contributed by atoms with E-state index in [4.69, 9.17) is 34.8 Å². The number of aryl methyl sites for hydroxylation is 1. The molecule has 0 unspecified atom stereocenters. The first-order valence-corrected chi connectivity index (χ1v) is 7.78. The molecule has 0 amide bonds. The minimum atomic E-state index is 0.558. The Morgan fingerprint density at radius 1 is 0.800 bits per heavy atom. The standard InChI is InChI=1S/C15H13Cl3N2/c16-10-6-9(7-11(17)8-10)15-19-13-5-3-1-2-4-12(13)14(18)20-15/h6-8H,1-5H2. The minimum absolute atomic E-state index is 0.558. The van der Waals surface area contributed by atoms with Crippen LogP contribution in [0.2, 0.25) is 15.2 Å². The van der Waals surface area contributed by atoms with Gasteiger partial charge in [-0.15, -0.1) is 0 Å². The maximum Gasteiger partial charge on any atom is 0.161 e. The molecule has 1 aliphatic carbocycles. The molecule has 2 nitrogen and oxygen atoms in total. The van der Waals surface area contributed by atoms with Crippen LogP contribution < -0.4 is 0 Å². The van der Waals surface area contributed by atoms with Gasteiger partial charge in [0.05, 0.1) is 0 Å². The highest BCUT2D eigenvalue weighted by Gasteiger charge is 2.16. The summed E-state index contributed by atoms with van der Waals surface area (Å²) >= 11 is 18.4. The number of nitrogens with zero attached hydrogens (tertiary/aromatic N) is 2. The Balaban J connectivity index is 2.10. The number of benzene rings is 1. The van der Waals surface area contributed by atoms with Gasteiger partial charge in [-0.3, -0.25) is 0 Å². The summed E-state index contributed by atoms with van der Waals surface area (Å²) in [5.41, 5.74) is 2.96. The summed E-state index contributed by atoms with van der Waals surface area (Å²) in [5.74, 6) is 0.597. The van der Waals surface area contributed by atoms with Gasteiger partial charge in [0.2, 0.25) is 0 Å². The van der Waals surface area contributed by atoms with Gasteiger partial charge in [0, 0.05) is 26.9 Å². The Kier molecular flexibility index (Phi) is 4.16. The van der Waals surface area contributed by atoms with E-state index >= 15 is 0 Å². The largest absolute Gasteiger partial charge is 0.233 e. The van der Waals surface area contributed by atoms with Crippen LogP contribution in [-0.4, -0.2) is 9.97 Å². The van der Waals surface area contributed by atoms with Crippen molar-refractivity contribution in [3.8, 4) is 11.4 Å². The molecule has 2 aromatic rings. The Morgan fingerprint density at radius 3 is 2.25 bits per heavy atom. The SMILES string of the molecule is Clc1cc(Cl)cc(-c2nc(Cl)c3c(n2)CCCCC3)c1. The average molecular weight is 328 g/mol. The van der Waals surface area contributed by atoms with E-state index in [0.29, 0.717) is 21.0 Å². The van der Waals surface area contributed by atoms with Crippen LogP contribution in [0, 0.1) is 0 Å². The predicted octanol–water partition coefficient (Wildman–Crippen LogP) is 5.37. The van der Waals surface area contributed by atoms with Crippen LogP contribution in [0.1, 0.15) is 30.5 Å². The quantitative estimate of drug-likeness (QED) is 0.519. The van der Waals surface area contributed by atoms with Crippen LogP contribution in [0.4, 0.5) is 0 Å². The lowest BCUT2D eigenvalue weighted by atomic mass is 10.1. The average Bonchev–Trinajstić information content (AvgIpc) is 2.63. The second kappa shape index (κ2) is 5.88. The predicted molar refractivity (Wildman–Crippen MR) is 83.8 cm³/mol. The van der Waals surface area contributed by atoms with E-state index in [2.05, 4.69) is 9.97 Å². The van der Waals surface area contributed by atoms with Crippen LogP contribution in [0.15, 0.2) is 18.2 Å². The summed E-state index contributed by atoms with van der Waals surface area (Å²) in [7, 11) is 0. The Morgan fingerprint density at radius 2 is 1.50 bits per heavy atom. The lowest BCUT2D eigenvalue weighted by molar-refractivity contribution is 0.709. The van der Waals surface area contributed by atoms with E-state index in [1.54, 1.807) is 6.07 Å². The van der Waals surface area contributed by atoms with Crippen molar-refractivity contribution in [2.45, 2.75) is 32.1 Å². The fraction of sp³-hybridized carbons (Fsp3) is 0.333. The first-order chi connectivity index (χ1) is 9.63. The van der Waals surface area contributed by atoms with E-state index in [0.717, 1.165) is 42.5 Å². The summed E-state index contributed by atoms with van der Waals surface area (Å²) in [6.07, 6.45) is 5.43. The third-order valence-electron chi connectivity index (χ3n) is 3.50. The highest BCUT2D eigenvalue weighted by atomic mass is 35.5.